The molecule has 4 rings (SSSR count). The van der Waals surface area contributed by atoms with Gasteiger partial charge in [0.15, 0.2) is 10.9 Å². The molecule has 0 saturated heterocycles. The van der Waals surface area contributed by atoms with Crippen LogP contribution in [-0.2, 0) is 16.4 Å². The third-order valence-corrected chi connectivity index (χ3v) is 5.08. The van der Waals surface area contributed by atoms with Gasteiger partial charge >= 0.3 is 0 Å². The van der Waals surface area contributed by atoms with E-state index < -0.39 is 10.0 Å². The Labute approximate surface area is 138 Å². The summed E-state index contributed by atoms with van der Waals surface area (Å²) in [5, 5.41) is 3.99. The highest BCUT2D eigenvalue weighted by Crippen LogP contribution is 2.38. The molecule has 0 radical (unpaired) electrons. The quantitative estimate of drug-likeness (QED) is 0.707. The monoisotopic (exact) mass is 345 g/mol. The Morgan fingerprint density at radius 2 is 2.12 bits per heavy atom. The molecule has 24 heavy (non-hydrogen) atoms. The van der Waals surface area contributed by atoms with E-state index >= 15 is 0 Å². The molecule has 1 fully saturated rings. The minimum Gasteiger partial charge on any atom is -0.339 e. The van der Waals surface area contributed by atoms with Gasteiger partial charge in [-0.3, -0.25) is 4.72 Å². The van der Waals surface area contributed by atoms with Crippen LogP contribution in [0.2, 0.25) is 0 Å². The number of aromatic amines is 1. The van der Waals surface area contributed by atoms with Crippen LogP contribution in [0.5, 0.6) is 0 Å². The minimum absolute atomic E-state index is 0.00566. The van der Waals surface area contributed by atoms with Crippen molar-refractivity contribution in [2.45, 2.75) is 30.2 Å². The van der Waals surface area contributed by atoms with Crippen LogP contribution in [0, 0.1) is 0 Å². The molecule has 0 unspecified atom stereocenters. The summed E-state index contributed by atoms with van der Waals surface area (Å²) in [7, 11) is -3.72. The number of nitrogens with zero attached hydrogens (tertiary/aromatic N) is 3. The molecule has 2 N–H and O–H groups in total. The number of aromatic nitrogens is 4. The first-order valence-corrected chi connectivity index (χ1v) is 9.02. The van der Waals surface area contributed by atoms with Crippen molar-refractivity contribution in [1.29, 1.82) is 0 Å². The Balaban J connectivity index is 1.58. The number of nitrogens with one attached hydrogen (secondary N) is 2. The van der Waals surface area contributed by atoms with E-state index in [0.29, 0.717) is 23.9 Å². The fraction of sp³-hybridized carbons (Fsp3) is 0.267. The van der Waals surface area contributed by atoms with Crippen LogP contribution in [0.25, 0.3) is 0 Å². The van der Waals surface area contributed by atoms with Crippen molar-refractivity contribution in [3.8, 4) is 0 Å². The van der Waals surface area contributed by atoms with Crippen LogP contribution in [-0.4, -0.2) is 28.5 Å². The summed E-state index contributed by atoms with van der Waals surface area (Å²) in [6.45, 7) is 0. The van der Waals surface area contributed by atoms with Gasteiger partial charge in [-0.05, 0) is 24.5 Å². The van der Waals surface area contributed by atoms with Gasteiger partial charge in [0.25, 0.3) is 10.0 Å². The van der Waals surface area contributed by atoms with Crippen molar-refractivity contribution in [3.05, 3.63) is 54.1 Å². The van der Waals surface area contributed by atoms with Crippen LogP contribution >= 0.6 is 0 Å². The average molecular weight is 345 g/mol. The second-order valence-electron chi connectivity index (χ2n) is 5.68. The summed E-state index contributed by atoms with van der Waals surface area (Å²) in [5.41, 5.74) is 1.23. The molecule has 0 aliphatic heterocycles. The Morgan fingerprint density at radius 1 is 1.29 bits per heavy atom. The predicted molar refractivity (Wildman–Crippen MR) is 84.9 cm³/mol. The van der Waals surface area contributed by atoms with Crippen LogP contribution in [0.1, 0.15) is 36.0 Å². The average Bonchev–Trinajstić information content (AvgIpc) is 3.07. The van der Waals surface area contributed by atoms with E-state index in [-0.39, 0.29) is 5.03 Å². The molecule has 124 valence electrons. The summed E-state index contributed by atoms with van der Waals surface area (Å²) < 4.78 is 32.5. The van der Waals surface area contributed by atoms with Crippen LogP contribution in [0.3, 0.4) is 0 Å². The lowest BCUT2D eigenvalue weighted by Crippen LogP contribution is -2.14. The van der Waals surface area contributed by atoms with Gasteiger partial charge in [-0.2, -0.15) is 13.4 Å². The van der Waals surface area contributed by atoms with E-state index in [1.54, 1.807) is 12.1 Å². The van der Waals surface area contributed by atoms with Crippen molar-refractivity contribution < 1.29 is 12.9 Å². The molecule has 3 aromatic rings. The highest BCUT2D eigenvalue weighted by molar-refractivity contribution is 7.92. The van der Waals surface area contributed by atoms with Crippen molar-refractivity contribution in [1.82, 2.24) is 20.1 Å². The van der Waals surface area contributed by atoms with E-state index in [2.05, 4.69) is 24.8 Å². The number of H-pyrrole nitrogens is 1. The Hall–Kier alpha value is -2.68. The van der Waals surface area contributed by atoms with E-state index in [0.717, 1.165) is 24.2 Å². The van der Waals surface area contributed by atoms with E-state index in [1.807, 2.05) is 12.1 Å². The molecule has 1 aliphatic carbocycles. The van der Waals surface area contributed by atoms with Gasteiger partial charge in [-0.25, -0.2) is 4.98 Å². The molecule has 0 bridgehead atoms. The van der Waals surface area contributed by atoms with Crippen molar-refractivity contribution in [2.75, 3.05) is 4.72 Å². The van der Waals surface area contributed by atoms with Gasteiger partial charge < -0.3 is 9.51 Å². The summed E-state index contributed by atoms with van der Waals surface area (Å²) in [6.07, 6.45) is 5.13. The second-order valence-corrected chi connectivity index (χ2v) is 7.33. The third kappa shape index (κ3) is 3.02. The topological polar surface area (TPSA) is 114 Å². The van der Waals surface area contributed by atoms with Gasteiger partial charge in [-0.1, -0.05) is 23.4 Å². The van der Waals surface area contributed by atoms with Crippen molar-refractivity contribution >= 4 is 15.7 Å². The fourth-order valence-electron chi connectivity index (χ4n) is 2.37. The van der Waals surface area contributed by atoms with Crippen LogP contribution < -0.4 is 4.72 Å². The normalized spacial score (nSPS) is 14.7. The van der Waals surface area contributed by atoms with Gasteiger partial charge in [0.2, 0.25) is 5.89 Å². The van der Waals surface area contributed by atoms with Gasteiger partial charge in [0.05, 0.1) is 24.6 Å². The van der Waals surface area contributed by atoms with Crippen molar-refractivity contribution in [3.63, 3.8) is 0 Å². The fourth-order valence-corrected chi connectivity index (χ4v) is 3.38. The van der Waals surface area contributed by atoms with Gasteiger partial charge in [-0.15, -0.1) is 0 Å². The number of hydrogen-bond donors (Lipinski definition) is 2. The van der Waals surface area contributed by atoms with Crippen LogP contribution in [0.15, 0.2) is 46.3 Å². The van der Waals surface area contributed by atoms with Crippen LogP contribution in [0.4, 0.5) is 5.69 Å². The number of benzene rings is 1. The number of imidazole rings is 1. The van der Waals surface area contributed by atoms with E-state index in [4.69, 9.17) is 4.52 Å². The standard InChI is InChI=1S/C15H15N5O3S/c21-24(22,14-8-16-9-17-14)20-12-4-2-1-3-11(12)7-13-18-15(19-23-13)10-5-6-10/h1-4,8-10,20H,5-7H2,(H,16,17). The number of anilines is 1. The highest BCUT2D eigenvalue weighted by Gasteiger charge is 2.29. The van der Waals surface area contributed by atoms with Gasteiger partial charge in [0.1, 0.15) is 0 Å². The predicted octanol–water partition coefficient (Wildman–Crippen LogP) is 2.06. The summed E-state index contributed by atoms with van der Waals surface area (Å²) in [4.78, 5) is 10.7. The second kappa shape index (κ2) is 5.75. The Bertz CT molecular complexity index is 945. The molecule has 1 aliphatic rings. The number of hydrogen-bond acceptors (Lipinski definition) is 6. The largest absolute Gasteiger partial charge is 0.339 e. The molecule has 0 atom stereocenters. The summed E-state index contributed by atoms with van der Waals surface area (Å²) in [6, 6.07) is 7.12. The maximum absolute atomic E-state index is 12.3. The van der Waals surface area contributed by atoms with E-state index in [9.17, 15) is 8.42 Å². The van der Waals surface area contributed by atoms with E-state index in [1.165, 1.54) is 12.5 Å². The zero-order chi connectivity index (χ0) is 16.6. The number of para-hydroxylation sites is 1. The molecule has 1 aromatic carbocycles. The lowest BCUT2D eigenvalue weighted by molar-refractivity contribution is 0.379. The molecule has 0 amide bonds. The maximum Gasteiger partial charge on any atom is 0.278 e. The molecule has 9 heteroatoms. The molecular weight excluding hydrogens is 330 g/mol. The Kier molecular flexibility index (Phi) is 3.57. The molecule has 2 aromatic heterocycles. The SMILES string of the molecule is O=S(=O)(Nc1ccccc1Cc1nc(C2CC2)no1)c1cnc[nH]1. The molecule has 1 saturated carbocycles. The lowest BCUT2D eigenvalue weighted by atomic mass is 10.1. The first kappa shape index (κ1) is 14.9. The number of sulfonamides is 1. The van der Waals surface area contributed by atoms with Gasteiger partial charge in [0, 0.05) is 5.92 Å². The highest BCUT2D eigenvalue weighted by atomic mass is 32.2. The third-order valence-electron chi connectivity index (χ3n) is 3.79. The smallest absolute Gasteiger partial charge is 0.278 e. The molecule has 2 heterocycles. The minimum atomic E-state index is -3.72. The summed E-state index contributed by atoms with van der Waals surface area (Å²) in [5.74, 6) is 1.63. The number of rotatable bonds is 6. The molecular formula is C15H15N5O3S. The zero-order valence-electron chi connectivity index (χ0n) is 12.6. The Morgan fingerprint density at radius 3 is 2.88 bits per heavy atom. The first-order chi connectivity index (χ1) is 11.6. The first-order valence-electron chi connectivity index (χ1n) is 7.53. The maximum atomic E-state index is 12.3. The summed E-state index contributed by atoms with van der Waals surface area (Å²) >= 11 is 0. The van der Waals surface area contributed by atoms with Crippen molar-refractivity contribution in [2.24, 2.45) is 0 Å². The lowest BCUT2D eigenvalue weighted by Gasteiger charge is -2.10. The molecule has 8 nitrogen and oxygen atoms in total. The molecule has 0 spiro atoms. The zero-order valence-corrected chi connectivity index (χ0v) is 13.5.